The summed E-state index contributed by atoms with van der Waals surface area (Å²) in [6.45, 7) is 6.96. The number of nitrogens with zero attached hydrogens (tertiary/aromatic N) is 2. The Hall–Kier alpha value is -2.14. The fraction of sp³-hybridized carbons (Fsp3) is 0.500. The molecule has 0 bridgehead atoms. The third-order valence-electron chi connectivity index (χ3n) is 4.99. The lowest BCUT2D eigenvalue weighted by molar-refractivity contribution is 0.0948. The molecule has 1 aromatic heterocycles. The highest BCUT2D eigenvalue weighted by Crippen LogP contribution is 2.24. The van der Waals surface area contributed by atoms with Gasteiger partial charge >= 0.3 is 0 Å². The largest absolute Gasteiger partial charge is 0.360 e. The lowest BCUT2D eigenvalue weighted by atomic mass is 10.0. The maximum absolute atomic E-state index is 12.6. The second-order valence-electron chi connectivity index (χ2n) is 6.82. The van der Waals surface area contributed by atoms with E-state index in [1.165, 1.54) is 25.8 Å². The predicted octanol–water partition coefficient (Wildman–Crippen LogP) is 3.64. The molecule has 0 unspecified atom stereocenters. The number of nitrogens with one attached hydrogen (secondary N) is 1. The van der Waals surface area contributed by atoms with Gasteiger partial charge in [-0.1, -0.05) is 41.9 Å². The quantitative estimate of drug-likeness (QED) is 0.815. The van der Waals surface area contributed by atoms with Crippen LogP contribution in [-0.4, -0.2) is 41.6 Å². The molecule has 25 heavy (non-hydrogen) atoms. The van der Waals surface area contributed by atoms with Crippen LogP contribution in [0.1, 0.15) is 48.7 Å². The van der Waals surface area contributed by atoms with Crippen LogP contribution in [0.5, 0.6) is 0 Å². The van der Waals surface area contributed by atoms with Crippen LogP contribution in [-0.2, 0) is 0 Å². The van der Waals surface area contributed by atoms with Gasteiger partial charge in [0.15, 0.2) is 0 Å². The first kappa shape index (κ1) is 17.7. The summed E-state index contributed by atoms with van der Waals surface area (Å²) in [5, 5.41) is 7.10. The minimum absolute atomic E-state index is 0.107. The Balaban J connectivity index is 1.56. The van der Waals surface area contributed by atoms with E-state index < -0.39 is 0 Å². The molecule has 1 fully saturated rings. The van der Waals surface area contributed by atoms with E-state index in [0.717, 1.165) is 18.5 Å². The van der Waals surface area contributed by atoms with Crippen molar-refractivity contribution < 1.29 is 9.32 Å². The number of hydrogen-bond donors (Lipinski definition) is 1. The maximum atomic E-state index is 12.6. The average Bonchev–Trinajstić information content (AvgIpc) is 3.02. The molecule has 1 amide bonds. The second-order valence-corrected chi connectivity index (χ2v) is 6.82. The van der Waals surface area contributed by atoms with Gasteiger partial charge < -0.3 is 14.7 Å². The van der Waals surface area contributed by atoms with Gasteiger partial charge in [-0.05, 0) is 39.7 Å². The number of aromatic nitrogens is 1. The molecule has 3 rings (SSSR count). The van der Waals surface area contributed by atoms with Gasteiger partial charge in [0.05, 0.1) is 0 Å². The predicted molar refractivity (Wildman–Crippen MR) is 98.5 cm³/mol. The molecule has 2 aromatic rings. The lowest BCUT2D eigenvalue weighted by Crippen LogP contribution is -2.39. The zero-order valence-corrected chi connectivity index (χ0v) is 15.1. The summed E-state index contributed by atoms with van der Waals surface area (Å²) in [5.74, 6) is 0.449. The Morgan fingerprint density at radius 2 is 2.12 bits per heavy atom. The number of likely N-dealkylation sites (tertiary alicyclic amines) is 1. The molecule has 1 aliphatic heterocycles. The van der Waals surface area contributed by atoms with Crippen molar-refractivity contribution >= 4 is 5.91 Å². The summed E-state index contributed by atoms with van der Waals surface area (Å²) in [7, 11) is 0. The van der Waals surface area contributed by atoms with E-state index in [4.69, 9.17) is 4.52 Å². The van der Waals surface area contributed by atoms with Crippen molar-refractivity contribution in [3.05, 3.63) is 41.7 Å². The molecule has 1 aliphatic rings. The Labute approximate surface area is 149 Å². The molecule has 0 saturated carbocycles. The monoisotopic (exact) mass is 341 g/mol. The van der Waals surface area contributed by atoms with Crippen LogP contribution in [0.15, 0.2) is 34.9 Å². The van der Waals surface area contributed by atoms with Crippen LogP contribution in [0.2, 0.25) is 0 Å². The first-order valence-electron chi connectivity index (χ1n) is 9.20. The van der Waals surface area contributed by atoms with Crippen LogP contribution >= 0.6 is 0 Å². The Bertz CT molecular complexity index is 696. The topological polar surface area (TPSA) is 58.4 Å². The molecule has 1 aromatic carbocycles. The van der Waals surface area contributed by atoms with Crippen molar-refractivity contribution in [3.8, 4) is 11.3 Å². The van der Waals surface area contributed by atoms with Gasteiger partial charge in [0.1, 0.15) is 17.0 Å². The fourth-order valence-corrected chi connectivity index (χ4v) is 3.49. The summed E-state index contributed by atoms with van der Waals surface area (Å²) in [6, 6.07) is 10.3. The van der Waals surface area contributed by atoms with Crippen LogP contribution in [0.4, 0.5) is 0 Å². The summed E-state index contributed by atoms with van der Waals surface area (Å²) < 4.78 is 5.27. The Kier molecular flexibility index (Phi) is 5.87. The van der Waals surface area contributed by atoms with Crippen LogP contribution in [0, 0.1) is 6.92 Å². The molecule has 1 atom stereocenters. The van der Waals surface area contributed by atoms with E-state index in [0.29, 0.717) is 29.6 Å². The zero-order valence-electron chi connectivity index (χ0n) is 15.1. The summed E-state index contributed by atoms with van der Waals surface area (Å²) in [6.07, 6.45) is 4.87. The second kappa shape index (κ2) is 8.30. The maximum Gasteiger partial charge on any atom is 0.257 e. The molecule has 5 nitrogen and oxygen atoms in total. The summed E-state index contributed by atoms with van der Waals surface area (Å²) in [5.41, 5.74) is 2.05. The highest BCUT2D eigenvalue weighted by molar-refractivity contribution is 6.00. The Morgan fingerprint density at radius 1 is 1.32 bits per heavy atom. The number of rotatable bonds is 6. The molecule has 2 heterocycles. The van der Waals surface area contributed by atoms with Crippen LogP contribution in [0.3, 0.4) is 0 Å². The standard InChI is InChI=1S/C20H27N3O2/c1-15-9-6-7-13-23(15)14-8-12-21-20(24)18-16(2)25-22-19(18)17-10-4-3-5-11-17/h3-5,10-11,15H,6-9,12-14H2,1-2H3,(H,21,24)/t15-/m0/s1. The SMILES string of the molecule is Cc1onc(-c2ccccc2)c1C(=O)NCCCN1CCCC[C@@H]1C. The number of benzene rings is 1. The first-order chi connectivity index (χ1) is 12.2. The van der Waals surface area contributed by atoms with Crippen molar-refractivity contribution in [3.63, 3.8) is 0 Å². The smallest absolute Gasteiger partial charge is 0.257 e. The number of piperidine rings is 1. The molecule has 5 heteroatoms. The van der Waals surface area contributed by atoms with E-state index in [1.807, 2.05) is 30.3 Å². The van der Waals surface area contributed by atoms with Gasteiger partial charge in [-0.2, -0.15) is 0 Å². The van der Waals surface area contributed by atoms with Crippen molar-refractivity contribution in [1.29, 1.82) is 0 Å². The molecule has 1 saturated heterocycles. The highest BCUT2D eigenvalue weighted by atomic mass is 16.5. The van der Waals surface area contributed by atoms with E-state index >= 15 is 0 Å². The molecular weight excluding hydrogens is 314 g/mol. The van der Waals surface area contributed by atoms with Gasteiger partial charge in [0.2, 0.25) is 0 Å². The molecule has 0 aliphatic carbocycles. The fourth-order valence-electron chi connectivity index (χ4n) is 3.49. The van der Waals surface area contributed by atoms with E-state index in [1.54, 1.807) is 6.92 Å². The van der Waals surface area contributed by atoms with E-state index in [9.17, 15) is 4.79 Å². The number of aryl methyl sites for hydroxylation is 1. The molecule has 0 radical (unpaired) electrons. The third kappa shape index (κ3) is 4.28. The van der Waals surface area contributed by atoms with Crippen LogP contribution in [0.25, 0.3) is 11.3 Å². The van der Waals surface area contributed by atoms with Gasteiger partial charge in [-0.25, -0.2) is 0 Å². The van der Waals surface area contributed by atoms with Crippen molar-refractivity contribution in [2.75, 3.05) is 19.6 Å². The number of hydrogen-bond acceptors (Lipinski definition) is 4. The van der Waals surface area contributed by atoms with Gasteiger partial charge in [0.25, 0.3) is 5.91 Å². The van der Waals surface area contributed by atoms with Gasteiger partial charge in [0, 0.05) is 24.7 Å². The summed E-state index contributed by atoms with van der Waals surface area (Å²) in [4.78, 5) is 15.1. The minimum Gasteiger partial charge on any atom is -0.360 e. The number of carbonyl (C=O) groups excluding carboxylic acids is 1. The average molecular weight is 341 g/mol. The van der Waals surface area contributed by atoms with Gasteiger partial charge in [-0.3, -0.25) is 4.79 Å². The first-order valence-corrected chi connectivity index (χ1v) is 9.20. The van der Waals surface area contributed by atoms with E-state index in [2.05, 4.69) is 22.3 Å². The highest BCUT2D eigenvalue weighted by Gasteiger charge is 2.21. The van der Waals surface area contributed by atoms with Crippen molar-refractivity contribution in [1.82, 2.24) is 15.4 Å². The van der Waals surface area contributed by atoms with Crippen molar-refractivity contribution in [2.24, 2.45) is 0 Å². The van der Waals surface area contributed by atoms with Gasteiger partial charge in [-0.15, -0.1) is 0 Å². The number of carbonyl (C=O) groups is 1. The van der Waals surface area contributed by atoms with Crippen molar-refractivity contribution in [2.45, 2.75) is 45.6 Å². The summed E-state index contributed by atoms with van der Waals surface area (Å²) >= 11 is 0. The van der Waals surface area contributed by atoms with Crippen LogP contribution < -0.4 is 5.32 Å². The minimum atomic E-state index is -0.107. The Morgan fingerprint density at radius 3 is 2.88 bits per heavy atom. The van der Waals surface area contributed by atoms with E-state index in [-0.39, 0.29) is 5.91 Å². The normalized spacial score (nSPS) is 18.2. The number of amides is 1. The molecule has 1 N–H and O–H groups in total. The lowest BCUT2D eigenvalue weighted by Gasteiger charge is -2.33. The molecular formula is C20H27N3O2. The molecule has 0 spiro atoms. The molecule has 134 valence electrons. The third-order valence-corrected chi connectivity index (χ3v) is 4.99. The zero-order chi connectivity index (χ0) is 17.6.